The molecule has 10 heteroatoms. The molecule has 2 aromatic rings. The second-order valence-electron chi connectivity index (χ2n) is 4.85. The van der Waals surface area contributed by atoms with Gasteiger partial charge in [0.05, 0.1) is 25.5 Å². The summed E-state index contributed by atoms with van der Waals surface area (Å²) < 4.78 is 88.4. The Hall–Kier alpha value is -2.49. The molecule has 0 aliphatic heterocycles. The van der Waals surface area contributed by atoms with Crippen LogP contribution in [0, 0.1) is 5.82 Å². The standard InChI is InChI=1S/C15H13F4NO4S/c1-23-12-3-4-13(24-2)14(8-12)25(21,22)20-11-6-9(15(17,18)19)5-10(16)7-11/h3-8,20H,1-2H3. The van der Waals surface area contributed by atoms with Crippen molar-refractivity contribution in [3.8, 4) is 11.5 Å². The number of nitrogens with one attached hydrogen (secondary N) is 1. The second-order valence-corrected chi connectivity index (χ2v) is 6.50. The number of sulfonamides is 1. The SMILES string of the molecule is COc1ccc(OC)c(S(=O)(=O)Nc2cc(F)cc(C(F)(F)F)c2)c1. The van der Waals surface area contributed by atoms with Gasteiger partial charge in [-0.3, -0.25) is 4.72 Å². The molecular formula is C15H13F4NO4S. The van der Waals surface area contributed by atoms with Crippen LogP contribution in [0.5, 0.6) is 11.5 Å². The minimum Gasteiger partial charge on any atom is -0.497 e. The first kappa shape index (κ1) is 18.8. The number of halogens is 4. The Kier molecular flexibility index (Phi) is 5.12. The zero-order chi connectivity index (χ0) is 18.8. The summed E-state index contributed by atoms with van der Waals surface area (Å²) in [7, 11) is -1.82. The van der Waals surface area contributed by atoms with E-state index in [1.807, 2.05) is 4.72 Å². The minimum atomic E-state index is -4.82. The van der Waals surface area contributed by atoms with Gasteiger partial charge in [0.2, 0.25) is 0 Å². The zero-order valence-electron chi connectivity index (χ0n) is 13.0. The summed E-state index contributed by atoms with van der Waals surface area (Å²) in [5.41, 5.74) is -1.89. The van der Waals surface area contributed by atoms with Gasteiger partial charge in [-0.1, -0.05) is 0 Å². The smallest absolute Gasteiger partial charge is 0.416 e. The van der Waals surface area contributed by atoms with Crippen LogP contribution in [-0.4, -0.2) is 22.6 Å². The predicted octanol–water partition coefficient (Wildman–Crippen LogP) is 3.66. The lowest BCUT2D eigenvalue weighted by Crippen LogP contribution is -2.15. The molecular weight excluding hydrogens is 366 g/mol. The molecule has 0 atom stereocenters. The molecule has 0 fully saturated rings. The first-order valence-corrected chi connectivity index (χ1v) is 8.18. The molecule has 0 saturated carbocycles. The summed E-state index contributed by atoms with van der Waals surface area (Å²) in [6, 6.07) is 5.30. The molecule has 136 valence electrons. The highest BCUT2D eigenvalue weighted by atomic mass is 32.2. The minimum absolute atomic E-state index is 0.0549. The van der Waals surface area contributed by atoms with E-state index < -0.39 is 33.3 Å². The average molecular weight is 379 g/mol. The van der Waals surface area contributed by atoms with Crippen molar-refractivity contribution in [3.63, 3.8) is 0 Å². The van der Waals surface area contributed by atoms with Crippen LogP contribution in [-0.2, 0) is 16.2 Å². The maximum absolute atomic E-state index is 13.4. The van der Waals surface area contributed by atoms with Crippen molar-refractivity contribution in [2.24, 2.45) is 0 Å². The molecule has 1 N–H and O–H groups in total. The van der Waals surface area contributed by atoms with Crippen LogP contribution in [0.3, 0.4) is 0 Å². The Morgan fingerprint density at radius 1 is 1.00 bits per heavy atom. The summed E-state index contributed by atoms with van der Waals surface area (Å²) in [6.07, 6.45) is -4.82. The van der Waals surface area contributed by atoms with E-state index in [1.165, 1.54) is 26.4 Å². The topological polar surface area (TPSA) is 64.6 Å². The van der Waals surface area contributed by atoms with Crippen molar-refractivity contribution in [2.45, 2.75) is 11.1 Å². The van der Waals surface area contributed by atoms with Crippen LogP contribution in [0.2, 0.25) is 0 Å². The van der Waals surface area contributed by atoms with Crippen LogP contribution in [0.1, 0.15) is 5.56 Å². The van der Waals surface area contributed by atoms with E-state index in [9.17, 15) is 26.0 Å². The first-order chi connectivity index (χ1) is 11.6. The van der Waals surface area contributed by atoms with Gasteiger partial charge in [0.15, 0.2) is 0 Å². The predicted molar refractivity (Wildman–Crippen MR) is 81.8 cm³/mol. The largest absolute Gasteiger partial charge is 0.497 e. The molecule has 0 heterocycles. The van der Waals surface area contributed by atoms with Gasteiger partial charge in [-0.2, -0.15) is 13.2 Å². The normalized spacial score (nSPS) is 11.9. The van der Waals surface area contributed by atoms with E-state index in [4.69, 9.17) is 9.47 Å². The van der Waals surface area contributed by atoms with E-state index in [0.717, 1.165) is 6.07 Å². The third kappa shape index (κ3) is 4.32. The lowest BCUT2D eigenvalue weighted by molar-refractivity contribution is -0.137. The molecule has 0 aromatic heterocycles. The van der Waals surface area contributed by atoms with Crippen LogP contribution in [0.4, 0.5) is 23.2 Å². The molecule has 0 bridgehead atoms. The summed E-state index contributed by atoms with van der Waals surface area (Å²) in [4.78, 5) is -0.368. The van der Waals surface area contributed by atoms with E-state index in [1.54, 1.807) is 0 Å². The molecule has 2 rings (SSSR count). The molecule has 2 aromatic carbocycles. The van der Waals surface area contributed by atoms with Gasteiger partial charge < -0.3 is 9.47 Å². The average Bonchev–Trinajstić information content (AvgIpc) is 2.52. The highest BCUT2D eigenvalue weighted by Gasteiger charge is 2.32. The summed E-state index contributed by atoms with van der Waals surface area (Å²) in [5.74, 6) is -1.10. The Bertz CT molecular complexity index is 882. The zero-order valence-corrected chi connectivity index (χ0v) is 13.8. The van der Waals surface area contributed by atoms with Crippen molar-refractivity contribution < 1.29 is 35.5 Å². The summed E-state index contributed by atoms with van der Waals surface area (Å²) in [5, 5.41) is 0. The van der Waals surface area contributed by atoms with Crippen LogP contribution < -0.4 is 14.2 Å². The Balaban J connectivity index is 2.48. The van der Waals surface area contributed by atoms with Crippen LogP contribution >= 0.6 is 0 Å². The number of rotatable bonds is 5. The van der Waals surface area contributed by atoms with Gasteiger partial charge in [-0.05, 0) is 30.3 Å². The fraction of sp³-hybridized carbons (Fsp3) is 0.200. The maximum atomic E-state index is 13.4. The van der Waals surface area contributed by atoms with E-state index in [-0.39, 0.29) is 22.5 Å². The number of hydrogen-bond donors (Lipinski definition) is 1. The molecule has 0 radical (unpaired) electrons. The van der Waals surface area contributed by atoms with Crippen molar-refractivity contribution in [3.05, 3.63) is 47.8 Å². The molecule has 0 saturated heterocycles. The van der Waals surface area contributed by atoms with Crippen LogP contribution in [0.15, 0.2) is 41.3 Å². The van der Waals surface area contributed by atoms with Gasteiger partial charge in [-0.25, -0.2) is 12.8 Å². The summed E-state index contributed by atoms with van der Waals surface area (Å²) >= 11 is 0. The Morgan fingerprint density at radius 2 is 1.68 bits per heavy atom. The van der Waals surface area contributed by atoms with Crippen molar-refractivity contribution in [2.75, 3.05) is 18.9 Å². The number of benzene rings is 2. The van der Waals surface area contributed by atoms with Crippen molar-refractivity contribution in [1.82, 2.24) is 0 Å². The number of ether oxygens (including phenoxy) is 2. The third-order valence-electron chi connectivity index (χ3n) is 3.14. The molecule has 5 nitrogen and oxygen atoms in total. The van der Waals surface area contributed by atoms with Gasteiger partial charge in [0.25, 0.3) is 10.0 Å². The van der Waals surface area contributed by atoms with Gasteiger partial charge in [-0.15, -0.1) is 0 Å². The first-order valence-electron chi connectivity index (χ1n) is 6.69. The molecule has 0 amide bonds. The number of alkyl halides is 3. The maximum Gasteiger partial charge on any atom is 0.416 e. The van der Waals surface area contributed by atoms with Gasteiger partial charge in [0.1, 0.15) is 22.2 Å². The Morgan fingerprint density at radius 3 is 2.24 bits per heavy atom. The van der Waals surface area contributed by atoms with Gasteiger partial charge >= 0.3 is 6.18 Å². The summed E-state index contributed by atoms with van der Waals surface area (Å²) in [6.45, 7) is 0. The molecule has 0 unspecified atom stereocenters. The van der Waals surface area contributed by atoms with Gasteiger partial charge in [0, 0.05) is 6.07 Å². The highest BCUT2D eigenvalue weighted by molar-refractivity contribution is 7.92. The highest BCUT2D eigenvalue weighted by Crippen LogP contribution is 2.33. The van der Waals surface area contributed by atoms with E-state index in [0.29, 0.717) is 12.1 Å². The lowest BCUT2D eigenvalue weighted by Gasteiger charge is -2.14. The molecule has 0 aliphatic rings. The monoisotopic (exact) mass is 379 g/mol. The molecule has 0 aliphatic carbocycles. The number of hydrogen-bond acceptors (Lipinski definition) is 4. The third-order valence-corrected chi connectivity index (χ3v) is 4.54. The lowest BCUT2D eigenvalue weighted by atomic mass is 10.2. The van der Waals surface area contributed by atoms with E-state index in [2.05, 4.69) is 0 Å². The van der Waals surface area contributed by atoms with Crippen molar-refractivity contribution >= 4 is 15.7 Å². The quantitative estimate of drug-likeness (QED) is 0.806. The number of anilines is 1. The fourth-order valence-electron chi connectivity index (χ4n) is 2.02. The van der Waals surface area contributed by atoms with E-state index >= 15 is 0 Å². The number of methoxy groups -OCH3 is 2. The molecule has 25 heavy (non-hydrogen) atoms. The van der Waals surface area contributed by atoms with Crippen LogP contribution in [0.25, 0.3) is 0 Å². The fourth-order valence-corrected chi connectivity index (χ4v) is 3.24. The van der Waals surface area contributed by atoms with Crippen molar-refractivity contribution in [1.29, 1.82) is 0 Å². The molecule has 0 spiro atoms. The second kappa shape index (κ2) is 6.79. The Labute approximate surface area is 141 Å².